The Labute approximate surface area is 153 Å². The summed E-state index contributed by atoms with van der Waals surface area (Å²) in [6.07, 6.45) is 0. The number of hydrogen-bond donors (Lipinski definition) is 2. The molecule has 0 aliphatic rings. The first-order valence-electron chi connectivity index (χ1n) is 7.59. The number of aryl methyl sites for hydroxylation is 1. The zero-order chi connectivity index (χ0) is 19.3. The fraction of sp³-hybridized carbons (Fsp3) is 0.250. The number of esters is 1. The Morgan fingerprint density at radius 1 is 1.27 bits per heavy atom. The van der Waals surface area contributed by atoms with Gasteiger partial charge in [0.15, 0.2) is 6.61 Å². The summed E-state index contributed by atoms with van der Waals surface area (Å²) in [5.74, 6) is -2.08. The van der Waals surface area contributed by atoms with Crippen LogP contribution in [0.1, 0.15) is 23.0 Å². The molecule has 0 aliphatic heterocycles. The number of nitrogens with zero attached hydrogens (tertiary/aromatic N) is 2. The molecule has 1 aromatic carbocycles. The predicted molar refractivity (Wildman–Crippen MR) is 90.8 cm³/mol. The van der Waals surface area contributed by atoms with Crippen LogP contribution >= 0.6 is 11.6 Å². The minimum absolute atomic E-state index is 0.0261. The van der Waals surface area contributed by atoms with Gasteiger partial charge in [-0.25, -0.2) is 18.7 Å². The van der Waals surface area contributed by atoms with Gasteiger partial charge < -0.3 is 10.1 Å². The largest absolute Gasteiger partial charge is 0.452 e. The normalized spacial score (nSPS) is 10.3. The molecule has 0 saturated heterocycles. The fourth-order valence-corrected chi connectivity index (χ4v) is 2.40. The number of halogens is 2. The van der Waals surface area contributed by atoms with Crippen LogP contribution in [0.15, 0.2) is 24.3 Å². The molecular formula is C16H16ClFN4O4. The van der Waals surface area contributed by atoms with E-state index in [1.165, 1.54) is 35.9 Å². The van der Waals surface area contributed by atoms with Gasteiger partial charge in [0.2, 0.25) is 0 Å². The van der Waals surface area contributed by atoms with Crippen LogP contribution in [-0.2, 0) is 9.53 Å². The summed E-state index contributed by atoms with van der Waals surface area (Å²) in [4.78, 5) is 35.0. The highest BCUT2D eigenvalue weighted by Crippen LogP contribution is 2.24. The van der Waals surface area contributed by atoms with Gasteiger partial charge in [0.25, 0.3) is 5.91 Å². The number of carbonyl (C=O) groups excluding carboxylic acids is 3. The van der Waals surface area contributed by atoms with Crippen molar-refractivity contribution in [3.63, 3.8) is 0 Å². The van der Waals surface area contributed by atoms with Crippen molar-refractivity contribution in [2.75, 3.05) is 13.2 Å². The van der Waals surface area contributed by atoms with Gasteiger partial charge in [-0.1, -0.05) is 11.6 Å². The summed E-state index contributed by atoms with van der Waals surface area (Å²) in [5, 5.41) is 8.45. The van der Waals surface area contributed by atoms with E-state index in [1.54, 1.807) is 6.92 Å². The Morgan fingerprint density at radius 2 is 1.92 bits per heavy atom. The van der Waals surface area contributed by atoms with Crippen molar-refractivity contribution in [2.24, 2.45) is 0 Å². The molecule has 2 aromatic rings. The van der Waals surface area contributed by atoms with Crippen LogP contribution in [0, 0.1) is 12.7 Å². The van der Waals surface area contributed by atoms with E-state index in [-0.39, 0.29) is 16.4 Å². The van der Waals surface area contributed by atoms with Crippen molar-refractivity contribution in [3.8, 4) is 5.69 Å². The van der Waals surface area contributed by atoms with Crippen molar-refractivity contribution in [1.82, 2.24) is 20.4 Å². The molecule has 2 rings (SSSR count). The first-order chi connectivity index (χ1) is 12.3. The summed E-state index contributed by atoms with van der Waals surface area (Å²) < 4.78 is 19.1. The van der Waals surface area contributed by atoms with Crippen molar-refractivity contribution >= 4 is 29.5 Å². The molecule has 0 bridgehead atoms. The third kappa shape index (κ3) is 4.57. The second-order valence-corrected chi connectivity index (χ2v) is 5.48. The molecule has 1 heterocycles. The van der Waals surface area contributed by atoms with Gasteiger partial charge in [-0.05, 0) is 38.1 Å². The first-order valence-corrected chi connectivity index (χ1v) is 7.97. The van der Waals surface area contributed by atoms with Gasteiger partial charge in [-0.15, -0.1) is 0 Å². The van der Waals surface area contributed by atoms with Crippen LogP contribution in [0.5, 0.6) is 0 Å². The van der Waals surface area contributed by atoms with E-state index >= 15 is 0 Å². The molecule has 3 amide bonds. The van der Waals surface area contributed by atoms with Crippen LogP contribution in [0.4, 0.5) is 9.18 Å². The monoisotopic (exact) mass is 382 g/mol. The number of amides is 3. The maximum absolute atomic E-state index is 13.0. The van der Waals surface area contributed by atoms with Gasteiger partial charge in [0.1, 0.15) is 16.5 Å². The second-order valence-electron chi connectivity index (χ2n) is 5.12. The third-order valence-electron chi connectivity index (χ3n) is 3.20. The van der Waals surface area contributed by atoms with E-state index in [2.05, 4.69) is 10.4 Å². The van der Waals surface area contributed by atoms with Crippen molar-refractivity contribution < 1.29 is 23.5 Å². The molecule has 138 valence electrons. The standard InChI is InChI=1S/C16H16ClFN4O4/c1-3-19-16(25)20-12(23)8-26-15(24)13-9(2)21-22(14(13)17)11-6-4-10(18)5-7-11/h4-7H,3,8H2,1-2H3,(H2,19,20,23,25). The lowest BCUT2D eigenvalue weighted by molar-refractivity contribution is -0.123. The second kappa shape index (κ2) is 8.43. The summed E-state index contributed by atoms with van der Waals surface area (Å²) in [5.41, 5.74) is 0.697. The highest BCUT2D eigenvalue weighted by Gasteiger charge is 2.23. The van der Waals surface area contributed by atoms with E-state index in [0.29, 0.717) is 12.2 Å². The van der Waals surface area contributed by atoms with Crippen LogP contribution in [-0.4, -0.2) is 40.8 Å². The zero-order valence-electron chi connectivity index (χ0n) is 14.0. The predicted octanol–water partition coefficient (Wildman–Crippen LogP) is 1.98. The van der Waals surface area contributed by atoms with E-state index in [1.807, 2.05) is 5.32 Å². The number of nitrogens with one attached hydrogen (secondary N) is 2. The molecule has 0 aliphatic carbocycles. The Balaban J connectivity index is 2.09. The molecule has 0 atom stereocenters. The number of rotatable bonds is 5. The van der Waals surface area contributed by atoms with Crippen molar-refractivity contribution in [1.29, 1.82) is 0 Å². The fourth-order valence-electron chi connectivity index (χ4n) is 2.06. The lowest BCUT2D eigenvalue weighted by Gasteiger charge is -2.06. The molecule has 0 fully saturated rings. The Bertz CT molecular complexity index is 836. The van der Waals surface area contributed by atoms with Crippen LogP contribution in [0.3, 0.4) is 0 Å². The zero-order valence-corrected chi connectivity index (χ0v) is 14.8. The van der Waals surface area contributed by atoms with Gasteiger partial charge in [0.05, 0.1) is 11.4 Å². The van der Waals surface area contributed by atoms with Crippen LogP contribution < -0.4 is 10.6 Å². The highest BCUT2D eigenvalue weighted by molar-refractivity contribution is 6.33. The summed E-state index contributed by atoms with van der Waals surface area (Å²) in [6, 6.07) is 4.66. The smallest absolute Gasteiger partial charge is 0.343 e. The Kier molecular flexibility index (Phi) is 6.29. The number of hydrogen-bond acceptors (Lipinski definition) is 5. The number of urea groups is 1. The number of imide groups is 1. The van der Waals surface area contributed by atoms with E-state index in [4.69, 9.17) is 16.3 Å². The summed E-state index contributed by atoms with van der Waals surface area (Å²) >= 11 is 6.18. The Morgan fingerprint density at radius 3 is 2.54 bits per heavy atom. The maximum Gasteiger partial charge on any atom is 0.343 e. The van der Waals surface area contributed by atoms with Gasteiger partial charge >= 0.3 is 12.0 Å². The third-order valence-corrected chi connectivity index (χ3v) is 3.55. The number of carbonyl (C=O) groups is 3. The molecule has 26 heavy (non-hydrogen) atoms. The topological polar surface area (TPSA) is 102 Å². The summed E-state index contributed by atoms with van der Waals surface area (Å²) in [6.45, 7) is 2.91. The minimum Gasteiger partial charge on any atom is -0.452 e. The number of aromatic nitrogens is 2. The first kappa shape index (κ1) is 19.4. The molecule has 1 aromatic heterocycles. The van der Waals surface area contributed by atoms with Crippen LogP contribution in [0.25, 0.3) is 5.69 Å². The molecule has 2 N–H and O–H groups in total. The molecule has 0 radical (unpaired) electrons. The molecule has 10 heteroatoms. The quantitative estimate of drug-likeness (QED) is 0.770. The van der Waals surface area contributed by atoms with Crippen molar-refractivity contribution in [2.45, 2.75) is 13.8 Å². The molecule has 0 spiro atoms. The van der Waals surface area contributed by atoms with Gasteiger partial charge in [-0.3, -0.25) is 10.1 Å². The summed E-state index contributed by atoms with van der Waals surface area (Å²) in [7, 11) is 0. The van der Waals surface area contributed by atoms with Crippen LogP contribution in [0.2, 0.25) is 5.15 Å². The van der Waals surface area contributed by atoms with E-state index in [9.17, 15) is 18.8 Å². The highest BCUT2D eigenvalue weighted by atomic mass is 35.5. The van der Waals surface area contributed by atoms with E-state index < -0.39 is 30.3 Å². The Hall–Kier alpha value is -2.94. The number of ether oxygens (including phenoxy) is 1. The molecule has 8 nitrogen and oxygen atoms in total. The molecule has 0 saturated carbocycles. The lowest BCUT2D eigenvalue weighted by atomic mass is 10.2. The average molecular weight is 383 g/mol. The average Bonchev–Trinajstić information content (AvgIpc) is 2.88. The van der Waals surface area contributed by atoms with Crippen molar-refractivity contribution in [3.05, 3.63) is 46.5 Å². The molecular weight excluding hydrogens is 367 g/mol. The SMILES string of the molecule is CCNC(=O)NC(=O)COC(=O)c1c(C)nn(-c2ccc(F)cc2)c1Cl. The van der Waals surface area contributed by atoms with E-state index in [0.717, 1.165) is 0 Å². The minimum atomic E-state index is -0.869. The lowest BCUT2D eigenvalue weighted by Crippen LogP contribution is -2.41. The molecule has 0 unspecified atom stereocenters. The van der Waals surface area contributed by atoms with Gasteiger partial charge in [-0.2, -0.15) is 5.10 Å². The maximum atomic E-state index is 13.0. The number of benzene rings is 1. The van der Waals surface area contributed by atoms with Gasteiger partial charge in [0, 0.05) is 6.54 Å².